The quantitative estimate of drug-likeness (QED) is 0.647. The van der Waals surface area contributed by atoms with Gasteiger partial charge >= 0.3 is 12.0 Å². The van der Waals surface area contributed by atoms with E-state index < -0.39 is 17.5 Å². The molecule has 3 N–H and O–H groups in total. The van der Waals surface area contributed by atoms with E-state index in [2.05, 4.69) is 10.6 Å². The lowest BCUT2D eigenvalue weighted by atomic mass is 9.67. The Balaban J connectivity index is 2.66. The van der Waals surface area contributed by atoms with Gasteiger partial charge in [0.2, 0.25) is 0 Å². The van der Waals surface area contributed by atoms with Crippen LogP contribution in [0.2, 0.25) is 0 Å². The predicted octanol–water partition coefficient (Wildman–Crippen LogP) is 1.60. The number of urea groups is 1. The summed E-state index contributed by atoms with van der Waals surface area (Å²) in [4.78, 5) is 23.7. The van der Waals surface area contributed by atoms with E-state index in [9.17, 15) is 14.7 Å². The third-order valence-electron chi connectivity index (χ3n) is 4.24. The number of carbonyl (C=O) groups excluding carboxylic acids is 1. The van der Waals surface area contributed by atoms with E-state index in [1.165, 1.54) is 0 Å². The number of nitrogens with one attached hydrogen (secondary N) is 2. The minimum Gasteiger partial charge on any atom is -0.479 e. The average Bonchev–Trinajstić information content (AvgIpc) is 2.39. The SMILES string of the molecule is CCOCCNC(=O)NC1(C(=O)O)C(C)CCCC1C. The standard InChI is InChI=1S/C14H26N2O4/c1-4-20-9-8-15-13(19)16-14(12(17)18)10(2)6-5-7-11(14)3/h10-11H,4-9H2,1-3H3,(H,17,18)(H2,15,16,19). The molecule has 0 aliphatic heterocycles. The normalized spacial score (nSPS) is 29.8. The lowest BCUT2D eigenvalue weighted by Crippen LogP contribution is -2.65. The van der Waals surface area contributed by atoms with Crippen LogP contribution in [-0.4, -0.2) is 42.4 Å². The van der Waals surface area contributed by atoms with Crippen LogP contribution in [0.25, 0.3) is 0 Å². The van der Waals surface area contributed by atoms with Crippen molar-refractivity contribution in [3.05, 3.63) is 0 Å². The Labute approximate surface area is 120 Å². The largest absolute Gasteiger partial charge is 0.479 e. The van der Waals surface area contributed by atoms with Crippen molar-refractivity contribution >= 4 is 12.0 Å². The van der Waals surface area contributed by atoms with Crippen molar-refractivity contribution in [2.24, 2.45) is 11.8 Å². The Kier molecular flexibility index (Phi) is 6.26. The fourth-order valence-corrected chi connectivity index (χ4v) is 3.01. The van der Waals surface area contributed by atoms with Crippen molar-refractivity contribution in [1.82, 2.24) is 10.6 Å². The van der Waals surface area contributed by atoms with E-state index in [0.717, 1.165) is 19.3 Å². The molecular formula is C14H26N2O4. The summed E-state index contributed by atoms with van der Waals surface area (Å²) in [6, 6.07) is -0.437. The first-order valence-electron chi connectivity index (χ1n) is 7.32. The number of amides is 2. The fourth-order valence-electron chi connectivity index (χ4n) is 3.01. The first kappa shape index (κ1) is 16.8. The van der Waals surface area contributed by atoms with E-state index in [1.54, 1.807) is 0 Å². The molecule has 0 aromatic rings. The maximum Gasteiger partial charge on any atom is 0.330 e. The van der Waals surface area contributed by atoms with E-state index in [-0.39, 0.29) is 11.8 Å². The number of hydrogen-bond acceptors (Lipinski definition) is 3. The molecule has 1 aliphatic carbocycles. The van der Waals surface area contributed by atoms with Gasteiger partial charge in [0.25, 0.3) is 0 Å². The van der Waals surface area contributed by atoms with Gasteiger partial charge in [-0.2, -0.15) is 0 Å². The molecule has 1 rings (SSSR count). The van der Waals surface area contributed by atoms with Crippen LogP contribution in [0.5, 0.6) is 0 Å². The molecule has 6 nitrogen and oxygen atoms in total. The van der Waals surface area contributed by atoms with Gasteiger partial charge in [-0.3, -0.25) is 0 Å². The Morgan fingerprint density at radius 3 is 2.40 bits per heavy atom. The molecule has 6 heteroatoms. The van der Waals surface area contributed by atoms with Crippen LogP contribution >= 0.6 is 0 Å². The molecule has 20 heavy (non-hydrogen) atoms. The summed E-state index contributed by atoms with van der Waals surface area (Å²) < 4.78 is 5.13. The summed E-state index contributed by atoms with van der Waals surface area (Å²) in [5.74, 6) is -1.11. The average molecular weight is 286 g/mol. The summed E-state index contributed by atoms with van der Waals surface area (Å²) in [5.41, 5.74) is -1.17. The van der Waals surface area contributed by atoms with Crippen molar-refractivity contribution in [3.8, 4) is 0 Å². The van der Waals surface area contributed by atoms with E-state index in [0.29, 0.717) is 19.8 Å². The van der Waals surface area contributed by atoms with Gasteiger partial charge in [0, 0.05) is 13.2 Å². The smallest absolute Gasteiger partial charge is 0.330 e. The van der Waals surface area contributed by atoms with Crippen LogP contribution in [-0.2, 0) is 9.53 Å². The minimum absolute atomic E-state index is 0.0820. The second-order valence-electron chi connectivity index (χ2n) is 5.48. The van der Waals surface area contributed by atoms with Gasteiger partial charge in [-0.05, 0) is 31.6 Å². The van der Waals surface area contributed by atoms with Crippen LogP contribution in [0.15, 0.2) is 0 Å². The summed E-state index contributed by atoms with van der Waals surface area (Å²) in [5, 5.41) is 15.0. The van der Waals surface area contributed by atoms with Crippen LogP contribution < -0.4 is 10.6 Å². The number of carbonyl (C=O) groups is 2. The summed E-state index contributed by atoms with van der Waals surface area (Å²) in [7, 11) is 0. The highest BCUT2D eigenvalue weighted by molar-refractivity contribution is 5.87. The molecule has 116 valence electrons. The summed E-state index contributed by atoms with van der Waals surface area (Å²) >= 11 is 0. The Morgan fingerprint density at radius 1 is 1.30 bits per heavy atom. The van der Waals surface area contributed by atoms with Gasteiger partial charge in [-0.25, -0.2) is 9.59 Å². The zero-order chi connectivity index (χ0) is 15.2. The molecule has 0 bridgehead atoms. The molecule has 0 spiro atoms. The molecule has 0 aromatic carbocycles. The minimum atomic E-state index is -1.17. The highest BCUT2D eigenvalue weighted by Crippen LogP contribution is 2.38. The monoisotopic (exact) mass is 286 g/mol. The second kappa shape index (κ2) is 7.47. The fraction of sp³-hybridized carbons (Fsp3) is 0.857. The Bertz CT molecular complexity index is 336. The third kappa shape index (κ3) is 3.62. The van der Waals surface area contributed by atoms with Gasteiger partial charge < -0.3 is 20.5 Å². The number of rotatable bonds is 6. The molecule has 0 heterocycles. The second-order valence-corrected chi connectivity index (χ2v) is 5.48. The van der Waals surface area contributed by atoms with Crippen molar-refractivity contribution in [2.75, 3.05) is 19.8 Å². The lowest BCUT2D eigenvalue weighted by molar-refractivity contribution is -0.151. The predicted molar refractivity (Wildman–Crippen MR) is 75.6 cm³/mol. The number of carboxylic acid groups (broad SMARTS) is 1. The molecule has 0 saturated heterocycles. The molecule has 1 aliphatic rings. The highest BCUT2D eigenvalue weighted by Gasteiger charge is 2.51. The number of hydrogen-bond donors (Lipinski definition) is 3. The van der Waals surface area contributed by atoms with Crippen molar-refractivity contribution < 1.29 is 19.4 Å². The van der Waals surface area contributed by atoms with Crippen molar-refractivity contribution in [3.63, 3.8) is 0 Å². The molecule has 1 fully saturated rings. The molecule has 2 atom stereocenters. The lowest BCUT2D eigenvalue weighted by Gasteiger charge is -2.44. The Hall–Kier alpha value is -1.30. The van der Waals surface area contributed by atoms with Crippen molar-refractivity contribution in [2.45, 2.75) is 45.6 Å². The van der Waals surface area contributed by atoms with E-state index in [4.69, 9.17) is 4.74 Å². The van der Waals surface area contributed by atoms with Crippen LogP contribution in [0, 0.1) is 11.8 Å². The highest BCUT2D eigenvalue weighted by atomic mass is 16.5. The van der Waals surface area contributed by atoms with E-state index >= 15 is 0 Å². The molecule has 2 amide bonds. The van der Waals surface area contributed by atoms with Gasteiger partial charge in [0.1, 0.15) is 5.54 Å². The maximum atomic E-state index is 11.9. The van der Waals surface area contributed by atoms with E-state index in [1.807, 2.05) is 20.8 Å². The number of aliphatic carboxylic acids is 1. The third-order valence-corrected chi connectivity index (χ3v) is 4.24. The van der Waals surface area contributed by atoms with Crippen LogP contribution in [0.4, 0.5) is 4.79 Å². The van der Waals surface area contributed by atoms with Gasteiger partial charge in [-0.15, -0.1) is 0 Å². The molecular weight excluding hydrogens is 260 g/mol. The topological polar surface area (TPSA) is 87.7 Å². The van der Waals surface area contributed by atoms with Crippen LogP contribution in [0.3, 0.4) is 0 Å². The number of carboxylic acids is 1. The molecule has 0 radical (unpaired) electrons. The Morgan fingerprint density at radius 2 is 1.90 bits per heavy atom. The van der Waals surface area contributed by atoms with Gasteiger partial charge in [0.15, 0.2) is 0 Å². The summed E-state index contributed by atoms with van der Waals surface area (Å²) in [6.45, 7) is 7.06. The zero-order valence-electron chi connectivity index (χ0n) is 12.6. The summed E-state index contributed by atoms with van der Waals surface area (Å²) in [6.07, 6.45) is 2.64. The number of ether oxygens (including phenoxy) is 1. The molecule has 0 aromatic heterocycles. The first-order chi connectivity index (χ1) is 9.45. The van der Waals surface area contributed by atoms with Crippen molar-refractivity contribution in [1.29, 1.82) is 0 Å². The first-order valence-corrected chi connectivity index (χ1v) is 7.32. The molecule has 2 unspecified atom stereocenters. The van der Waals surface area contributed by atoms with Gasteiger partial charge in [0.05, 0.1) is 6.61 Å². The van der Waals surface area contributed by atoms with Crippen LogP contribution in [0.1, 0.15) is 40.0 Å². The maximum absolute atomic E-state index is 11.9. The zero-order valence-corrected chi connectivity index (χ0v) is 12.6. The van der Waals surface area contributed by atoms with Gasteiger partial charge in [-0.1, -0.05) is 20.3 Å². The molecule has 1 saturated carbocycles.